The number of hydrogen-bond donors (Lipinski definition) is 4. The van der Waals surface area contributed by atoms with Crippen LogP contribution in [0.2, 0.25) is 0 Å². The van der Waals surface area contributed by atoms with Crippen LogP contribution in [0.15, 0.2) is 78.9 Å². The quantitative estimate of drug-likeness (QED) is 0.329. The van der Waals surface area contributed by atoms with Crippen LogP contribution >= 0.6 is 0 Å². The molecule has 1 spiro atoms. The molecular formula is C31H30N4O2. The van der Waals surface area contributed by atoms with E-state index in [4.69, 9.17) is 0 Å². The predicted molar refractivity (Wildman–Crippen MR) is 144 cm³/mol. The van der Waals surface area contributed by atoms with Crippen molar-refractivity contribution in [2.45, 2.75) is 55.6 Å². The molecule has 1 fully saturated rings. The molecule has 2 aliphatic heterocycles. The van der Waals surface area contributed by atoms with Crippen LogP contribution in [0.3, 0.4) is 0 Å². The molecule has 6 nitrogen and oxygen atoms in total. The molecule has 3 heterocycles. The number of fused-ring (bicyclic) bond motifs is 6. The van der Waals surface area contributed by atoms with E-state index >= 15 is 0 Å². The Hall–Kier alpha value is -3.90. The summed E-state index contributed by atoms with van der Waals surface area (Å²) < 4.78 is 0. The van der Waals surface area contributed by atoms with Gasteiger partial charge in [0.2, 0.25) is 5.91 Å². The number of carbonyl (C=O) groups is 2. The number of benzene rings is 3. The van der Waals surface area contributed by atoms with E-state index in [1.165, 1.54) is 6.42 Å². The van der Waals surface area contributed by atoms with Gasteiger partial charge in [-0.25, -0.2) is 0 Å². The van der Waals surface area contributed by atoms with E-state index in [0.717, 1.165) is 64.7 Å². The van der Waals surface area contributed by atoms with Gasteiger partial charge >= 0.3 is 0 Å². The molecule has 4 aromatic rings. The highest BCUT2D eigenvalue weighted by Gasteiger charge is 2.57. The van der Waals surface area contributed by atoms with Gasteiger partial charge in [-0.15, -0.1) is 0 Å². The Morgan fingerprint density at radius 3 is 2.43 bits per heavy atom. The first kappa shape index (κ1) is 22.3. The minimum atomic E-state index is -1.19. The Kier molecular flexibility index (Phi) is 5.18. The van der Waals surface area contributed by atoms with Crippen LogP contribution < -0.4 is 16.0 Å². The number of aromatic nitrogens is 1. The molecule has 2 amide bonds. The lowest BCUT2D eigenvalue weighted by Crippen LogP contribution is -2.63. The lowest BCUT2D eigenvalue weighted by atomic mass is 9.72. The van der Waals surface area contributed by atoms with Gasteiger partial charge in [-0.2, -0.15) is 0 Å². The summed E-state index contributed by atoms with van der Waals surface area (Å²) in [6.45, 7) is 0. The molecule has 1 unspecified atom stereocenters. The predicted octanol–water partition coefficient (Wildman–Crippen LogP) is 4.92. The minimum Gasteiger partial charge on any atom is -0.356 e. The maximum Gasteiger partial charge on any atom is 0.255 e. The summed E-state index contributed by atoms with van der Waals surface area (Å²) in [5, 5.41) is 11.1. The van der Waals surface area contributed by atoms with Crippen molar-refractivity contribution in [3.8, 4) is 0 Å². The van der Waals surface area contributed by atoms with E-state index in [2.05, 4.69) is 39.1 Å². The van der Waals surface area contributed by atoms with Gasteiger partial charge in [0.25, 0.3) is 5.91 Å². The van der Waals surface area contributed by atoms with Gasteiger partial charge in [-0.3, -0.25) is 14.9 Å². The third-order valence-corrected chi connectivity index (χ3v) is 8.45. The Balaban J connectivity index is 1.47. The maximum atomic E-state index is 14.2. The van der Waals surface area contributed by atoms with Crippen molar-refractivity contribution in [1.29, 1.82) is 0 Å². The number of amides is 2. The van der Waals surface area contributed by atoms with Crippen molar-refractivity contribution in [3.05, 3.63) is 101 Å². The summed E-state index contributed by atoms with van der Waals surface area (Å²) in [5.74, 6) is -0.473. The molecule has 0 radical (unpaired) electrons. The molecule has 4 N–H and O–H groups in total. The van der Waals surface area contributed by atoms with Crippen molar-refractivity contribution in [1.82, 2.24) is 15.6 Å². The Bertz CT molecular complexity index is 1500. The lowest BCUT2D eigenvalue weighted by Gasteiger charge is -2.43. The second-order valence-corrected chi connectivity index (χ2v) is 10.6. The maximum absolute atomic E-state index is 14.2. The van der Waals surface area contributed by atoms with E-state index in [-0.39, 0.29) is 23.8 Å². The monoisotopic (exact) mass is 490 g/mol. The molecule has 3 aromatic carbocycles. The minimum absolute atomic E-state index is 0.0479. The van der Waals surface area contributed by atoms with Crippen LogP contribution in [-0.2, 0) is 15.1 Å². The summed E-state index contributed by atoms with van der Waals surface area (Å²) in [7, 11) is 0. The Labute approximate surface area is 215 Å². The molecule has 3 atom stereocenters. The first-order valence-electron chi connectivity index (χ1n) is 13.3. The summed E-state index contributed by atoms with van der Waals surface area (Å²) in [6, 6.07) is 25.7. The van der Waals surface area contributed by atoms with E-state index in [1.54, 1.807) is 0 Å². The number of nitrogens with one attached hydrogen (secondary N) is 4. The molecule has 1 aliphatic carbocycles. The molecule has 0 saturated heterocycles. The second kappa shape index (κ2) is 8.60. The Morgan fingerprint density at radius 1 is 0.865 bits per heavy atom. The first-order valence-corrected chi connectivity index (χ1v) is 13.3. The van der Waals surface area contributed by atoms with E-state index in [0.29, 0.717) is 0 Å². The van der Waals surface area contributed by atoms with Gasteiger partial charge in [0.05, 0.1) is 11.7 Å². The van der Waals surface area contributed by atoms with E-state index < -0.39 is 11.6 Å². The zero-order chi connectivity index (χ0) is 25.0. The third kappa shape index (κ3) is 3.36. The number of hydrogen-bond acceptors (Lipinski definition) is 3. The van der Waals surface area contributed by atoms with Crippen molar-refractivity contribution in [3.63, 3.8) is 0 Å². The van der Waals surface area contributed by atoms with Gasteiger partial charge in [-0.05, 0) is 36.1 Å². The van der Waals surface area contributed by atoms with Crippen molar-refractivity contribution in [2.24, 2.45) is 0 Å². The molecule has 1 saturated carbocycles. The van der Waals surface area contributed by atoms with Crippen LogP contribution in [0.4, 0.5) is 5.69 Å². The highest BCUT2D eigenvalue weighted by Crippen LogP contribution is 2.51. The molecule has 37 heavy (non-hydrogen) atoms. The average molecular weight is 491 g/mol. The molecule has 186 valence electrons. The van der Waals surface area contributed by atoms with Gasteiger partial charge in [0.1, 0.15) is 0 Å². The fraction of sp³-hybridized carbons (Fsp3) is 0.290. The van der Waals surface area contributed by atoms with Crippen molar-refractivity contribution >= 4 is 28.4 Å². The number of anilines is 1. The molecule has 3 aliphatic rings. The second-order valence-electron chi connectivity index (χ2n) is 10.6. The molecule has 1 aromatic heterocycles. The van der Waals surface area contributed by atoms with Crippen LogP contribution in [0, 0.1) is 0 Å². The number of carbonyl (C=O) groups excluding carboxylic acids is 2. The standard InChI is InChI=1S/C31H30N4O2/c36-29(32-20-13-5-2-6-14-20)27-25(19-11-3-1-4-12-19)26-21-15-7-9-17-23(21)33-28(26)31(35-27)22-16-8-10-18-24(22)34-30(31)37/h1,3-4,7-12,15-18,20,25,27,33,35H,2,5-6,13-14H2,(H,32,36)(H,34,37)/t25-,27+,31?/m1/s1. The fourth-order valence-electron chi connectivity index (χ4n) is 6.76. The van der Waals surface area contributed by atoms with E-state index in [9.17, 15) is 9.59 Å². The fourth-order valence-corrected chi connectivity index (χ4v) is 6.76. The highest BCUT2D eigenvalue weighted by molar-refractivity contribution is 6.10. The Morgan fingerprint density at radius 2 is 1.59 bits per heavy atom. The molecule has 0 bridgehead atoms. The molecule has 6 heteroatoms. The number of rotatable bonds is 3. The summed E-state index contributed by atoms with van der Waals surface area (Å²) in [4.78, 5) is 31.7. The average Bonchev–Trinajstić information content (AvgIpc) is 3.46. The lowest BCUT2D eigenvalue weighted by molar-refractivity contribution is -0.127. The van der Waals surface area contributed by atoms with Crippen LogP contribution in [0.1, 0.15) is 60.4 Å². The first-order chi connectivity index (χ1) is 18.2. The van der Waals surface area contributed by atoms with Gasteiger partial charge in [-0.1, -0.05) is 86.0 Å². The largest absolute Gasteiger partial charge is 0.356 e. The van der Waals surface area contributed by atoms with Gasteiger partial charge in [0.15, 0.2) is 5.54 Å². The van der Waals surface area contributed by atoms with Crippen molar-refractivity contribution in [2.75, 3.05) is 5.32 Å². The van der Waals surface area contributed by atoms with Gasteiger partial charge in [0, 0.05) is 34.1 Å². The topological polar surface area (TPSA) is 86.0 Å². The number of para-hydroxylation sites is 2. The molecule has 7 rings (SSSR count). The third-order valence-electron chi connectivity index (χ3n) is 8.45. The SMILES string of the molecule is O=C(NC1CCCCC1)[C@H]1NC2(C(=O)Nc3ccccc32)c2[nH]c3ccccc3c2[C@H]1c1ccccc1. The highest BCUT2D eigenvalue weighted by atomic mass is 16.2. The number of H-pyrrole nitrogens is 1. The van der Waals surface area contributed by atoms with E-state index in [1.807, 2.05) is 60.7 Å². The van der Waals surface area contributed by atoms with Crippen LogP contribution in [0.25, 0.3) is 10.9 Å². The summed E-state index contributed by atoms with van der Waals surface area (Å²) >= 11 is 0. The normalized spacial score (nSPS) is 25.0. The summed E-state index contributed by atoms with van der Waals surface area (Å²) in [6.07, 6.45) is 5.50. The van der Waals surface area contributed by atoms with Gasteiger partial charge < -0.3 is 15.6 Å². The van der Waals surface area contributed by atoms with Crippen LogP contribution in [0.5, 0.6) is 0 Å². The smallest absolute Gasteiger partial charge is 0.255 e. The van der Waals surface area contributed by atoms with Crippen LogP contribution in [-0.4, -0.2) is 28.9 Å². The number of aromatic amines is 1. The van der Waals surface area contributed by atoms with Crippen molar-refractivity contribution < 1.29 is 9.59 Å². The zero-order valence-corrected chi connectivity index (χ0v) is 20.6. The molecular weight excluding hydrogens is 460 g/mol. The summed E-state index contributed by atoms with van der Waals surface area (Å²) in [5.41, 5.74) is 4.25. The zero-order valence-electron chi connectivity index (χ0n) is 20.6.